The van der Waals surface area contributed by atoms with Crippen LogP contribution in [-0.2, 0) is 11.2 Å². The van der Waals surface area contributed by atoms with E-state index in [0.29, 0.717) is 12.1 Å². The molecule has 1 N–H and O–H groups in total. The van der Waals surface area contributed by atoms with Gasteiger partial charge in [-0.15, -0.1) is 0 Å². The Hall–Kier alpha value is -2.13. The number of carbonyl (C=O) groups is 1. The van der Waals surface area contributed by atoms with Crippen LogP contribution in [-0.4, -0.2) is 29.8 Å². The first-order chi connectivity index (χ1) is 14.5. The van der Waals surface area contributed by atoms with Crippen molar-refractivity contribution < 1.29 is 4.79 Å². The minimum absolute atomic E-state index is 0.202. The zero-order chi connectivity index (χ0) is 22.1. The van der Waals surface area contributed by atoms with E-state index in [1.165, 1.54) is 22.4 Å². The summed E-state index contributed by atoms with van der Waals surface area (Å²) in [5, 5.41) is 3.85. The van der Waals surface area contributed by atoms with Gasteiger partial charge in [0.2, 0.25) is 0 Å². The van der Waals surface area contributed by atoms with E-state index >= 15 is 0 Å². The number of carbonyl (C=O) groups excluding carboxylic acids is 1. The molecule has 3 rings (SSSR count). The van der Waals surface area contributed by atoms with Gasteiger partial charge < -0.3 is 10.2 Å². The summed E-state index contributed by atoms with van der Waals surface area (Å²) in [5.41, 5.74) is 6.38. The first-order valence-corrected chi connectivity index (χ1v) is 11.7. The third-order valence-electron chi connectivity index (χ3n) is 6.08. The van der Waals surface area contributed by atoms with Gasteiger partial charge in [0.1, 0.15) is 0 Å². The first-order valence-electron chi connectivity index (χ1n) is 11.7. The fraction of sp³-hybridized carbons (Fsp3) is 0.519. The fourth-order valence-electron chi connectivity index (χ4n) is 4.53. The molecule has 3 nitrogen and oxygen atoms in total. The van der Waals surface area contributed by atoms with Crippen LogP contribution in [0.3, 0.4) is 0 Å². The second-order valence-electron chi connectivity index (χ2n) is 8.10. The monoisotopic (exact) mass is 408 g/mol. The molecular weight excluding hydrogens is 368 g/mol. The van der Waals surface area contributed by atoms with Gasteiger partial charge in [-0.2, -0.15) is 0 Å². The molecule has 0 aromatic heterocycles. The largest absolute Gasteiger partial charge is 0.373 e. The molecule has 0 bridgehead atoms. The van der Waals surface area contributed by atoms with Crippen molar-refractivity contribution in [3.8, 4) is 0 Å². The molecule has 1 aromatic rings. The number of nitrogens with one attached hydrogen (secondary N) is 1. The van der Waals surface area contributed by atoms with Crippen LogP contribution >= 0.6 is 0 Å². The normalized spacial score (nSPS) is 19.4. The predicted molar refractivity (Wildman–Crippen MR) is 129 cm³/mol. The van der Waals surface area contributed by atoms with E-state index in [-0.39, 0.29) is 5.78 Å². The summed E-state index contributed by atoms with van der Waals surface area (Å²) < 4.78 is 0. The Balaban J connectivity index is 0.00000155. The molecule has 0 radical (unpaired) electrons. The summed E-state index contributed by atoms with van der Waals surface area (Å²) in [6.45, 7) is 16.3. The Morgan fingerprint density at radius 3 is 2.67 bits per heavy atom. The first kappa shape index (κ1) is 24.1. The summed E-state index contributed by atoms with van der Waals surface area (Å²) in [4.78, 5) is 14.0. The third kappa shape index (κ3) is 5.95. The van der Waals surface area contributed by atoms with Crippen LogP contribution in [0.25, 0.3) is 6.08 Å². The fourth-order valence-corrected chi connectivity index (χ4v) is 4.53. The van der Waals surface area contributed by atoms with Crippen molar-refractivity contribution in [2.45, 2.75) is 78.8 Å². The highest BCUT2D eigenvalue weighted by molar-refractivity contribution is 5.93. The van der Waals surface area contributed by atoms with Gasteiger partial charge in [-0.25, -0.2) is 0 Å². The van der Waals surface area contributed by atoms with Crippen LogP contribution in [0.1, 0.15) is 83.0 Å². The highest BCUT2D eigenvalue weighted by Gasteiger charge is 2.26. The minimum Gasteiger partial charge on any atom is -0.373 e. The molecule has 1 aliphatic carbocycles. The molecule has 1 aliphatic heterocycles. The number of rotatable bonds is 8. The van der Waals surface area contributed by atoms with Crippen molar-refractivity contribution in [2.24, 2.45) is 0 Å². The third-order valence-corrected chi connectivity index (χ3v) is 6.08. The SMILES string of the molecule is C=Cc1c(CCC)cccc1C(C)N[C@H]1CCN(C2=CC=C(C(C)=O)CC2)C1.CC. The lowest BCUT2D eigenvalue weighted by molar-refractivity contribution is -0.113. The summed E-state index contributed by atoms with van der Waals surface area (Å²) in [7, 11) is 0. The van der Waals surface area contributed by atoms with Crippen molar-refractivity contribution in [1.82, 2.24) is 10.2 Å². The van der Waals surface area contributed by atoms with E-state index in [9.17, 15) is 4.79 Å². The predicted octanol–water partition coefficient (Wildman–Crippen LogP) is 6.23. The van der Waals surface area contributed by atoms with Gasteiger partial charge in [-0.05, 0) is 67.9 Å². The molecule has 2 atom stereocenters. The van der Waals surface area contributed by atoms with Gasteiger partial charge in [-0.1, -0.05) is 64.1 Å². The van der Waals surface area contributed by atoms with Crippen LogP contribution in [0.4, 0.5) is 0 Å². The maximum absolute atomic E-state index is 11.5. The second-order valence-corrected chi connectivity index (χ2v) is 8.10. The van der Waals surface area contributed by atoms with Crippen molar-refractivity contribution in [1.29, 1.82) is 0 Å². The molecule has 1 fully saturated rings. The molecule has 0 amide bonds. The number of ketones is 1. The van der Waals surface area contributed by atoms with E-state index in [1.54, 1.807) is 6.92 Å². The molecule has 30 heavy (non-hydrogen) atoms. The lowest BCUT2D eigenvalue weighted by Crippen LogP contribution is -2.34. The van der Waals surface area contributed by atoms with Crippen LogP contribution < -0.4 is 5.32 Å². The number of Topliss-reactive ketones (excluding diaryl/α,β-unsaturated/α-hetero) is 1. The van der Waals surface area contributed by atoms with Crippen LogP contribution in [0, 0.1) is 0 Å². The molecule has 1 saturated heterocycles. The number of benzene rings is 1. The maximum atomic E-state index is 11.5. The number of hydrogen-bond acceptors (Lipinski definition) is 3. The van der Waals surface area contributed by atoms with Crippen LogP contribution in [0.5, 0.6) is 0 Å². The van der Waals surface area contributed by atoms with Crippen molar-refractivity contribution >= 4 is 11.9 Å². The lowest BCUT2D eigenvalue weighted by atomic mass is 9.94. The highest BCUT2D eigenvalue weighted by Crippen LogP contribution is 2.28. The average molecular weight is 409 g/mol. The maximum Gasteiger partial charge on any atom is 0.155 e. The van der Waals surface area contributed by atoms with Gasteiger partial charge in [0.25, 0.3) is 0 Å². The molecule has 0 spiro atoms. The summed E-state index contributed by atoms with van der Waals surface area (Å²) in [6.07, 6.45) is 11.4. The highest BCUT2D eigenvalue weighted by atomic mass is 16.1. The molecule has 0 saturated carbocycles. The van der Waals surface area contributed by atoms with Gasteiger partial charge in [0, 0.05) is 30.9 Å². The molecule has 164 valence electrons. The van der Waals surface area contributed by atoms with Gasteiger partial charge >= 0.3 is 0 Å². The standard InChI is InChI=1S/C25H34N2O.C2H6/c1-5-8-21-9-7-10-25(24(21)6-2)18(3)26-22-15-16-27(17-22)23-13-11-20(12-14-23)19(4)28;1-2/h6-7,9-11,13,18,22,26H,2,5,8,12,14-17H2,1,3-4H3;1-2H3/t18?,22-;/m0./s1. The smallest absolute Gasteiger partial charge is 0.155 e. The summed E-state index contributed by atoms with van der Waals surface area (Å²) in [6, 6.07) is 7.43. The number of nitrogens with zero attached hydrogens (tertiary/aromatic N) is 1. The molecular formula is C27H40N2O. The Kier molecular flexibility index (Phi) is 9.58. The second kappa shape index (κ2) is 11.9. The molecule has 3 heteroatoms. The zero-order valence-electron chi connectivity index (χ0n) is 19.6. The topological polar surface area (TPSA) is 32.3 Å². The van der Waals surface area contributed by atoms with E-state index in [1.807, 2.05) is 26.0 Å². The number of hydrogen-bond donors (Lipinski definition) is 1. The van der Waals surface area contributed by atoms with E-state index in [4.69, 9.17) is 0 Å². The minimum atomic E-state index is 0.202. The molecule has 1 heterocycles. The quantitative estimate of drug-likeness (QED) is 0.554. The van der Waals surface area contributed by atoms with E-state index < -0.39 is 0 Å². The van der Waals surface area contributed by atoms with E-state index in [0.717, 1.165) is 50.8 Å². The molecule has 2 aliphatic rings. The number of allylic oxidation sites excluding steroid dienone is 4. The lowest BCUT2D eigenvalue weighted by Gasteiger charge is -2.26. The van der Waals surface area contributed by atoms with Crippen molar-refractivity contribution in [3.63, 3.8) is 0 Å². The molecule has 1 unspecified atom stereocenters. The number of likely N-dealkylation sites (tertiary alicyclic amines) is 1. The Bertz CT molecular complexity index is 790. The Morgan fingerprint density at radius 2 is 2.07 bits per heavy atom. The average Bonchev–Trinajstić information content (AvgIpc) is 3.23. The number of aryl methyl sites for hydroxylation is 1. The zero-order valence-corrected chi connectivity index (χ0v) is 19.6. The van der Waals surface area contributed by atoms with Gasteiger partial charge in [0.05, 0.1) is 0 Å². The summed E-state index contributed by atoms with van der Waals surface area (Å²) in [5.74, 6) is 0.202. The van der Waals surface area contributed by atoms with Crippen LogP contribution in [0.15, 0.2) is 48.2 Å². The van der Waals surface area contributed by atoms with E-state index in [2.05, 4.69) is 54.9 Å². The van der Waals surface area contributed by atoms with Gasteiger partial charge in [-0.3, -0.25) is 4.79 Å². The van der Waals surface area contributed by atoms with Crippen LogP contribution in [0.2, 0.25) is 0 Å². The Labute approximate surface area is 183 Å². The molecule has 1 aromatic carbocycles. The summed E-state index contributed by atoms with van der Waals surface area (Å²) >= 11 is 0. The van der Waals surface area contributed by atoms with Crippen molar-refractivity contribution in [2.75, 3.05) is 13.1 Å². The van der Waals surface area contributed by atoms with Gasteiger partial charge in [0.15, 0.2) is 5.78 Å². The van der Waals surface area contributed by atoms with Crippen molar-refractivity contribution in [3.05, 3.63) is 64.9 Å². The Morgan fingerprint density at radius 1 is 1.30 bits per heavy atom.